The van der Waals surface area contributed by atoms with Gasteiger partial charge < -0.3 is 0 Å². The molecule has 6 nitrogen and oxygen atoms in total. The number of nitrogens with zero attached hydrogens (tertiary/aromatic N) is 3. The molecule has 0 aliphatic carbocycles. The fourth-order valence-electron chi connectivity index (χ4n) is 2.76. The van der Waals surface area contributed by atoms with E-state index in [0.29, 0.717) is 16.1 Å². The topological polar surface area (TPSA) is 84.7 Å². The van der Waals surface area contributed by atoms with Crippen molar-refractivity contribution >= 4 is 28.1 Å². The molecule has 0 unspecified atom stereocenters. The smallest absolute Gasteiger partial charge is 0.270 e. The highest BCUT2D eigenvalue weighted by molar-refractivity contribution is 6.33. The third-order valence-electron chi connectivity index (χ3n) is 3.97. The minimum Gasteiger partial charge on any atom is -0.277 e. The van der Waals surface area contributed by atoms with Gasteiger partial charge in [0.15, 0.2) is 0 Å². The van der Waals surface area contributed by atoms with Crippen molar-refractivity contribution in [2.75, 3.05) is 0 Å². The number of nitrogens with one attached hydrogen (secondary N) is 1. The lowest BCUT2D eigenvalue weighted by Gasteiger charge is -2.03. The molecule has 0 fully saturated rings. The summed E-state index contributed by atoms with van der Waals surface area (Å²) in [5, 5.41) is 20.4. The van der Waals surface area contributed by atoms with E-state index in [0.717, 1.165) is 22.2 Å². The van der Waals surface area contributed by atoms with E-state index in [2.05, 4.69) is 15.2 Å². The Hall–Kier alpha value is -3.25. The summed E-state index contributed by atoms with van der Waals surface area (Å²) >= 11 is 6.23. The average Bonchev–Trinajstić information content (AvgIpc) is 3.10. The van der Waals surface area contributed by atoms with Crippen molar-refractivity contribution in [1.82, 2.24) is 15.2 Å². The molecule has 2 aromatic heterocycles. The highest BCUT2D eigenvalue weighted by Gasteiger charge is 2.13. The molecule has 2 aromatic carbocycles. The van der Waals surface area contributed by atoms with Crippen molar-refractivity contribution in [2.45, 2.75) is 0 Å². The van der Waals surface area contributed by atoms with Crippen LogP contribution in [0.5, 0.6) is 0 Å². The number of fused-ring (bicyclic) bond motifs is 1. The Balaban J connectivity index is 1.83. The summed E-state index contributed by atoms with van der Waals surface area (Å²) in [6, 6.07) is 14.1. The number of aromatic amines is 1. The molecule has 0 atom stereocenters. The number of benzene rings is 2. The number of rotatable bonds is 3. The minimum absolute atomic E-state index is 0.0326. The normalized spacial score (nSPS) is 10.9. The first-order valence-electron chi connectivity index (χ1n) is 7.46. The van der Waals surface area contributed by atoms with Gasteiger partial charge in [0.25, 0.3) is 5.69 Å². The van der Waals surface area contributed by atoms with E-state index >= 15 is 0 Å². The van der Waals surface area contributed by atoms with Crippen LogP contribution < -0.4 is 0 Å². The predicted octanol–water partition coefficient (Wildman–Crippen LogP) is 4.85. The fraction of sp³-hybridized carbons (Fsp3) is 0. The molecular weight excluding hydrogens is 340 g/mol. The maximum absolute atomic E-state index is 10.9. The van der Waals surface area contributed by atoms with Gasteiger partial charge in [0.2, 0.25) is 0 Å². The zero-order valence-electron chi connectivity index (χ0n) is 12.8. The maximum atomic E-state index is 10.9. The van der Waals surface area contributed by atoms with Gasteiger partial charge in [0, 0.05) is 46.1 Å². The Kier molecular flexibility index (Phi) is 3.66. The second-order valence-electron chi connectivity index (χ2n) is 5.50. The van der Waals surface area contributed by atoms with Crippen molar-refractivity contribution < 1.29 is 4.92 Å². The first kappa shape index (κ1) is 15.3. The largest absolute Gasteiger partial charge is 0.277 e. The number of hydrogen-bond acceptors (Lipinski definition) is 4. The number of hydrogen-bond donors (Lipinski definition) is 1. The molecule has 122 valence electrons. The lowest BCUT2D eigenvalue weighted by atomic mass is 10.0. The van der Waals surface area contributed by atoms with Crippen LogP contribution in [0.3, 0.4) is 0 Å². The van der Waals surface area contributed by atoms with Gasteiger partial charge in [0.1, 0.15) is 0 Å². The van der Waals surface area contributed by atoms with Gasteiger partial charge in [-0.2, -0.15) is 5.10 Å². The highest BCUT2D eigenvalue weighted by Crippen LogP contribution is 2.32. The van der Waals surface area contributed by atoms with Crippen molar-refractivity contribution in [3.8, 4) is 22.5 Å². The molecule has 0 bridgehead atoms. The van der Waals surface area contributed by atoms with E-state index in [1.807, 2.05) is 30.3 Å². The lowest BCUT2D eigenvalue weighted by Crippen LogP contribution is -1.89. The third-order valence-corrected chi connectivity index (χ3v) is 4.30. The molecule has 0 amide bonds. The standard InChI is InChI=1S/C18H11ClN4O2/c19-16-4-2-1-3-14(16)17-8-18(22-21-17)15-10-20-9-11-7-12(23(24)25)5-6-13(11)15/h1-10H,(H,21,22). The molecule has 7 heteroatoms. The van der Waals surface area contributed by atoms with E-state index < -0.39 is 4.92 Å². The third kappa shape index (κ3) is 2.72. The molecule has 2 heterocycles. The molecule has 4 rings (SSSR count). The van der Waals surface area contributed by atoms with Gasteiger partial charge in [-0.3, -0.25) is 20.2 Å². The first-order valence-corrected chi connectivity index (χ1v) is 7.84. The van der Waals surface area contributed by atoms with Crippen molar-refractivity contribution in [1.29, 1.82) is 0 Å². The van der Waals surface area contributed by atoms with Crippen LogP contribution in [-0.4, -0.2) is 20.1 Å². The molecule has 0 saturated carbocycles. The van der Waals surface area contributed by atoms with Crippen LogP contribution in [0, 0.1) is 10.1 Å². The molecule has 4 aromatic rings. The second kappa shape index (κ2) is 5.99. The summed E-state index contributed by atoms with van der Waals surface area (Å²) < 4.78 is 0. The zero-order chi connectivity index (χ0) is 17.4. The molecule has 25 heavy (non-hydrogen) atoms. The Bertz CT molecular complexity index is 1110. The van der Waals surface area contributed by atoms with Crippen LogP contribution in [0.25, 0.3) is 33.3 Å². The van der Waals surface area contributed by atoms with E-state index in [9.17, 15) is 10.1 Å². The molecule has 0 aliphatic rings. The summed E-state index contributed by atoms with van der Waals surface area (Å²) in [5.74, 6) is 0. The van der Waals surface area contributed by atoms with E-state index in [1.54, 1.807) is 18.5 Å². The zero-order valence-corrected chi connectivity index (χ0v) is 13.6. The summed E-state index contributed by atoms with van der Waals surface area (Å²) in [7, 11) is 0. The van der Waals surface area contributed by atoms with Gasteiger partial charge in [-0.05, 0) is 23.6 Å². The molecule has 1 N–H and O–H groups in total. The lowest BCUT2D eigenvalue weighted by molar-refractivity contribution is -0.384. The van der Waals surface area contributed by atoms with Crippen LogP contribution in [0.4, 0.5) is 5.69 Å². The Morgan fingerprint density at radius 3 is 2.68 bits per heavy atom. The number of halogens is 1. The average molecular weight is 351 g/mol. The van der Waals surface area contributed by atoms with Gasteiger partial charge >= 0.3 is 0 Å². The van der Waals surface area contributed by atoms with Gasteiger partial charge in [0.05, 0.1) is 16.3 Å². The van der Waals surface area contributed by atoms with Crippen LogP contribution in [0.1, 0.15) is 0 Å². The Labute approximate surface area is 147 Å². The number of nitro groups is 1. The number of aromatic nitrogens is 3. The molecule has 0 spiro atoms. The molecular formula is C18H11ClN4O2. The van der Waals surface area contributed by atoms with Gasteiger partial charge in [-0.15, -0.1) is 0 Å². The summed E-state index contributed by atoms with van der Waals surface area (Å²) in [5.41, 5.74) is 3.17. The number of pyridine rings is 1. The quantitative estimate of drug-likeness (QED) is 0.422. The number of nitro benzene ring substituents is 1. The summed E-state index contributed by atoms with van der Waals surface area (Å²) in [6.07, 6.45) is 3.30. The van der Waals surface area contributed by atoms with Crippen LogP contribution in [-0.2, 0) is 0 Å². The summed E-state index contributed by atoms with van der Waals surface area (Å²) in [6.45, 7) is 0. The van der Waals surface area contributed by atoms with Gasteiger partial charge in [-0.25, -0.2) is 0 Å². The van der Waals surface area contributed by atoms with Crippen molar-refractivity contribution in [2.24, 2.45) is 0 Å². The number of H-pyrrole nitrogens is 1. The van der Waals surface area contributed by atoms with E-state index in [4.69, 9.17) is 11.6 Å². The fourth-order valence-corrected chi connectivity index (χ4v) is 3.00. The number of non-ortho nitro benzene ring substituents is 1. The predicted molar refractivity (Wildman–Crippen MR) is 96.4 cm³/mol. The van der Waals surface area contributed by atoms with E-state index in [1.165, 1.54) is 12.1 Å². The molecule has 0 saturated heterocycles. The van der Waals surface area contributed by atoms with E-state index in [-0.39, 0.29) is 5.69 Å². The molecule has 0 radical (unpaired) electrons. The minimum atomic E-state index is -0.420. The Morgan fingerprint density at radius 2 is 1.88 bits per heavy atom. The monoisotopic (exact) mass is 350 g/mol. The van der Waals surface area contributed by atoms with Gasteiger partial charge in [-0.1, -0.05) is 29.8 Å². The van der Waals surface area contributed by atoms with Crippen molar-refractivity contribution in [3.63, 3.8) is 0 Å². The Morgan fingerprint density at radius 1 is 1.04 bits per heavy atom. The van der Waals surface area contributed by atoms with Crippen LogP contribution in [0.2, 0.25) is 5.02 Å². The van der Waals surface area contributed by atoms with Crippen LogP contribution in [0.15, 0.2) is 60.9 Å². The molecule has 0 aliphatic heterocycles. The second-order valence-corrected chi connectivity index (χ2v) is 5.90. The first-order chi connectivity index (χ1) is 12.1. The SMILES string of the molecule is O=[N+]([O-])c1ccc2c(-c3cc(-c4ccccc4Cl)[nH]n3)cncc2c1. The van der Waals surface area contributed by atoms with Crippen molar-refractivity contribution in [3.05, 3.63) is 76.1 Å². The van der Waals surface area contributed by atoms with Crippen LogP contribution >= 0.6 is 11.6 Å². The highest BCUT2D eigenvalue weighted by atomic mass is 35.5. The summed E-state index contributed by atoms with van der Waals surface area (Å²) in [4.78, 5) is 14.7. The maximum Gasteiger partial charge on any atom is 0.270 e.